The zero-order valence-corrected chi connectivity index (χ0v) is 12.9. The molecule has 0 fully saturated rings. The second-order valence-corrected chi connectivity index (χ2v) is 6.70. The number of hydrogen-bond acceptors (Lipinski definition) is 1. The number of benzene rings is 1. The van der Waals surface area contributed by atoms with Crippen LogP contribution in [-0.4, -0.2) is 6.04 Å². The molecule has 0 saturated heterocycles. The van der Waals surface area contributed by atoms with Crippen LogP contribution in [0.2, 0.25) is 0 Å². The van der Waals surface area contributed by atoms with Gasteiger partial charge in [-0.3, -0.25) is 0 Å². The Morgan fingerprint density at radius 2 is 1.78 bits per heavy atom. The highest BCUT2D eigenvalue weighted by Gasteiger charge is 2.18. The van der Waals surface area contributed by atoms with Crippen molar-refractivity contribution in [3.05, 3.63) is 34.4 Å². The number of hydrogen-bond donors (Lipinski definition) is 1. The summed E-state index contributed by atoms with van der Waals surface area (Å²) in [6.45, 7) is 13.4. The van der Waals surface area contributed by atoms with Crippen LogP contribution in [0.4, 0.5) is 0 Å². The van der Waals surface area contributed by atoms with Crippen LogP contribution in [0.3, 0.4) is 0 Å². The van der Waals surface area contributed by atoms with E-state index in [2.05, 4.69) is 53.7 Å². The van der Waals surface area contributed by atoms with Crippen molar-refractivity contribution in [3.8, 4) is 0 Å². The Morgan fingerprint density at radius 3 is 2.28 bits per heavy atom. The lowest BCUT2D eigenvalue weighted by atomic mass is 9.81. The van der Waals surface area contributed by atoms with E-state index in [1.165, 1.54) is 28.7 Å². The number of nitrogens with two attached hydrogens (primary N) is 1. The monoisotopic (exact) mass is 247 g/mol. The van der Waals surface area contributed by atoms with Crippen molar-refractivity contribution in [2.24, 2.45) is 5.73 Å². The summed E-state index contributed by atoms with van der Waals surface area (Å²) in [5, 5.41) is 0. The van der Waals surface area contributed by atoms with Crippen LogP contribution in [0, 0.1) is 13.8 Å². The van der Waals surface area contributed by atoms with Crippen LogP contribution in [0.1, 0.15) is 62.8 Å². The van der Waals surface area contributed by atoms with Gasteiger partial charge in [0.2, 0.25) is 0 Å². The second-order valence-electron chi connectivity index (χ2n) is 6.70. The van der Waals surface area contributed by atoms with Gasteiger partial charge in [-0.2, -0.15) is 0 Å². The molecule has 0 aromatic heterocycles. The fourth-order valence-electron chi connectivity index (χ4n) is 2.49. The van der Waals surface area contributed by atoms with Crippen molar-refractivity contribution >= 4 is 0 Å². The summed E-state index contributed by atoms with van der Waals surface area (Å²) in [5.74, 6) is 0. The average Bonchev–Trinajstić information content (AvgIpc) is 2.20. The number of aryl methyl sites for hydroxylation is 2. The normalized spacial score (nSPS) is 13.7. The number of rotatable bonds is 4. The molecule has 0 aliphatic carbocycles. The maximum atomic E-state index is 5.81. The molecule has 1 rings (SSSR count). The molecule has 18 heavy (non-hydrogen) atoms. The third-order valence-corrected chi connectivity index (χ3v) is 3.66. The van der Waals surface area contributed by atoms with Crippen LogP contribution >= 0.6 is 0 Å². The summed E-state index contributed by atoms with van der Waals surface area (Å²) in [5.41, 5.74) is 11.8. The molecule has 1 nitrogen and oxygen atoms in total. The van der Waals surface area contributed by atoms with Gasteiger partial charge in [-0.05, 0) is 67.7 Å². The Labute approximate surface area is 113 Å². The highest BCUT2D eigenvalue weighted by molar-refractivity contribution is 5.41. The Morgan fingerprint density at radius 1 is 1.17 bits per heavy atom. The predicted molar refractivity (Wildman–Crippen MR) is 81.2 cm³/mol. The van der Waals surface area contributed by atoms with Crippen LogP contribution in [0.5, 0.6) is 0 Å². The smallest absolute Gasteiger partial charge is 0.00105 e. The van der Waals surface area contributed by atoms with Crippen LogP contribution in [0.25, 0.3) is 0 Å². The zero-order chi connectivity index (χ0) is 13.9. The van der Waals surface area contributed by atoms with Gasteiger partial charge in [0.25, 0.3) is 0 Å². The summed E-state index contributed by atoms with van der Waals surface area (Å²) in [4.78, 5) is 0. The van der Waals surface area contributed by atoms with Crippen molar-refractivity contribution in [2.75, 3.05) is 0 Å². The summed E-state index contributed by atoms with van der Waals surface area (Å²) in [6.07, 6.45) is 3.44. The van der Waals surface area contributed by atoms with E-state index in [0.717, 1.165) is 12.8 Å². The quantitative estimate of drug-likeness (QED) is 0.844. The first-order valence-corrected chi connectivity index (χ1v) is 7.08. The minimum atomic E-state index is 0.228. The summed E-state index contributed by atoms with van der Waals surface area (Å²) in [7, 11) is 0. The highest BCUT2D eigenvalue weighted by Crippen LogP contribution is 2.29. The molecule has 1 aromatic carbocycles. The molecule has 0 amide bonds. The van der Waals surface area contributed by atoms with Gasteiger partial charge in [0.1, 0.15) is 0 Å². The Kier molecular flexibility index (Phi) is 4.98. The molecule has 2 N–H and O–H groups in total. The lowest BCUT2D eigenvalue weighted by Gasteiger charge is -2.24. The Bertz CT molecular complexity index is 397. The summed E-state index contributed by atoms with van der Waals surface area (Å²) in [6, 6.07) is 5.05. The van der Waals surface area contributed by atoms with Gasteiger partial charge in [0.05, 0.1) is 0 Å². The summed E-state index contributed by atoms with van der Waals surface area (Å²) < 4.78 is 0. The van der Waals surface area contributed by atoms with E-state index < -0.39 is 0 Å². The SMILES string of the molecule is Cc1cc(CCC[C@H](C)N)cc(C(C)(C)C)c1C. The van der Waals surface area contributed by atoms with Crippen LogP contribution in [0.15, 0.2) is 12.1 Å². The predicted octanol–water partition coefficient (Wildman–Crippen LogP) is 4.27. The van der Waals surface area contributed by atoms with E-state index in [-0.39, 0.29) is 5.41 Å². The van der Waals surface area contributed by atoms with E-state index in [1.54, 1.807) is 0 Å². The average molecular weight is 247 g/mol. The first kappa shape index (κ1) is 15.2. The molecule has 0 bridgehead atoms. The fourth-order valence-corrected chi connectivity index (χ4v) is 2.49. The standard InChI is InChI=1S/C17H29N/c1-12-10-15(9-7-8-13(2)18)11-16(14(12)3)17(4,5)6/h10-11,13H,7-9,18H2,1-6H3/t13-/m0/s1. The zero-order valence-electron chi connectivity index (χ0n) is 12.9. The summed E-state index contributed by atoms with van der Waals surface area (Å²) >= 11 is 0. The van der Waals surface area contributed by atoms with Crippen molar-refractivity contribution < 1.29 is 0 Å². The van der Waals surface area contributed by atoms with Gasteiger partial charge in [0.15, 0.2) is 0 Å². The lowest BCUT2D eigenvalue weighted by molar-refractivity contribution is 0.582. The first-order chi connectivity index (χ1) is 8.21. The molecule has 1 heteroatoms. The highest BCUT2D eigenvalue weighted by atomic mass is 14.6. The van der Waals surface area contributed by atoms with Gasteiger partial charge in [0, 0.05) is 6.04 Å². The Balaban J connectivity index is 2.91. The van der Waals surface area contributed by atoms with E-state index in [9.17, 15) is 0 Å². The minimum absolute atomic E-state index is 0.228. The van der Waals surface area contributed by atoms with E-state index in [1.807, 2.05) is 0 Å². The van der Waals surface area contributed by atoms with Gasteiger partial charge < -0.3 is 5.73 Å². The topological polar surface area (TPSA) is 26.0 Å². The largest absolute Gasteiger partial charge is 0.328 e. The van der Waals surface area contributed by atoms with E-state index in [0.29, 0.717) is 6.04 Å². The third-order valence-electron chi connectivity index (χ3n) is 3.66. The minimum Gasteiger partial charge on any atom is -0.328 e. The molecule has 0 radical (unpaired) electrons. The van der Waals surface area contributed by atoms with Gasteiger partial charge in [-0.25, -0.2) is 0 Å². The molecule has 0 heterocycles. The van der Waals surface area contributed by atoms with Crippen molar-refractivity contribution in [1.29, 1.82) is 0 Å². The van der Waals surface area contributed by atoms with Gasteiger partial charge in [-0.15, -0.1) is 0 Å². The van der Waals surface area contributed by atoms with E-state index >= 15 is 0 Å². The lowest BCUT2D eigenvalue weighted by Crippen LogP contribution is -2.15. The molecule has 1 atom stereocenters. The first-order valence-electron chi connectivity index (χ1n) is 7.08. The van der Waals surface area contributed by atoms with Gasteiger partial charge in [-0.1, -0.05) is 32.9 Å². The molecule has 102 valence electrons. The van der Waals surface area contributed by atoms with Crippen molar-refractivity contribution in [1.82, 2.24) is 0 Å². The van der Waals surface area contributed by atoms with Crippen LogP contribution in [-0.2, 0) is 11.8 Å². The molecule has 0 unspecified atom stereocenters. The molecule has 1 aromatic rings. The molecule has 0 saturated carbocycles. The van der Waals surface area contributed by atoms with Gasteiger partial charge >= 0.3 is 0 Å². The second kappa shape index (κ2) is 5.88. The van der Waals surface area contributed by atoms with Crippen LogP contribution < -0.4 is 5.73 Å². The van der Waals surface area contributed by atoms with Crippen molar-refractivity contribution in [2.45, 2.75) is 72.3 Å². The Hall–Kier alpha value is -0.820. The molecule has 0 aliphatic rings. The molecular formula is C17H29N. The van der Waals surface area contributed by atoms with Crippen molar-refractivity contribution in [3.63, 3.8) is 0 Å². The molecule has 0 aliphatic heterocycles. The molecular weight excluding hydrogens is 218 g/mol. The fraction of sp³-hybridized carbons (Fsp3) is 0.647. The maximum Gasteiger partial charge on any atom is 0.00105 e. The third kappa shape index (κ3) is 4.13. The van der Waals surface area contributed by atoms with E-state index in [4.69, 9.17) is 5.73 Å². The maximum absolute atomic E-state index is 5.81. The molecule has 0 spiro atoms.